The van der Waals surface area contributed by atoms with Crippen molar-refractivity contribution in [3.8, 4) is 0 Å². The van der Waals surface area contributed by atoms with Crippen LogP contribution < -0.4 is 5.32 Å². The van der Waals surface area contributed by atoms with Crippen LogP contribution in [0.5, 0.6) is 0 Å². The number of nitrogens with one attached hydrogen (secondary N) is 1. The molecule has 0 aromatic heterocycles. The second kappa shape index (κ2) is 8.97. The maximum atomic E-state index is 5.35. The molecule has 7 heteroatoms. The van der Waals surface area contributed by atoms with Crippen LogP contribution in [0, 0.1) is 0 Å². The zero-order valence-electron chi connectivity index (χ0n) is 12.4. The van der Waals surface area contributed by atoms with Crippen LogP contribution in [0.3, 0.4) is 0 Å². The van der Waals surface area contributed by atoms with Gasteiger partial charge >= 0.3 is 8.80 Å². The van der Waals surface area contributed by atoms with Crippen molar-refractivity contribution in [1.29, 1.82) is 0 Å². The zero-order chi connectivity index (χ0) is 14.1. The molecule has 0 aliphatic carbocycles. The van der Waals surface area contributed by atoms with Crippen molar-refractivity contribution in [1.82, 2.24) is 5.32 Å². The van der Waals surface area contributed by atoms with E-state index in [1.807, 2.05) is 6.92 Å². The van der Waals surface area contributed by atoms with E-state index in [-0.39, 0.29) is 0 Å². The summed E-state index contributed by atoms with van der Waals surface area (Å²) in [7, 11) is 5.64. The minimum absolute atomic E-state index is 0.711. The number of methoxy groups -OCH3 is 2. The normalized spacial score (nSPS) is 13.0. The molecule has 0 radical (unpaired) electrons. The van der Waals surface area contributed by atoms with Crippen LogP contribution in [-0.2, 0) is 22.8 Å². The molecule has 0 fully saturated rings. The fourth-order valence-corrected chi connectivity index (χ4v) is 3.50. The lowest BCUT2D eigenvalue weighted by atomic mass is 10.3. The summed E-state index contributed by atoms with van der Waals surface area (Å²) >= 11 is 0. The molecular weight excluding hydrogens is 254 g/mol. The third kappa shape index (κ3) is 4.92. The SMILES string of the molecule is CCC(NCCC[Si](OC)(OC)OC)(OC)OC. The third-order valence-corrected chi connectivity index (χ3v) is 5.94. The minimum Gasteiger partial charge on any atom is -0.377 e. The Morgan fingerprint density at radius 1 is 0.944 bits per heavy atom. The molecule has 0 heterocycles. The van der Waals surface area contributed by atoms with Crippen LogP contribution in [0.15, 0.2) is 0 Å². The van der Waals surface area contributed by atoms with E-state index in [0.29, 0.717) is 0 Å². The lowest BCUT2D eigenvalue weighted by molar-refractivity contribution is -0.229. The van der Waals surface area contributed by atoms with Gasteiger partial charge in [-0.1, -0.05) is 6.92 Å². The highest BCUT2D eigenvalue weighted by molar-refractivity contribution is 6.60. The van der Waals surface area contributed by atoms with Gasteiger partial charge in [-0.2, -0.15) is 0 Å². The Morgan fingerprint density at radius 3 is 1.78 bits per heavy atom. The third-order valence-electron chi connectivity index (χ3n) is 3.11. The van der Waals surface area contributed by atoms with Crippen LogP contribution >= 0.6 is 0 Å². The molecule has 0 unspecified atom stereocenters. The van der Waals surface area contributed by atoms with Gasteiger partial charge in [0.2, 0.25) is 5.91 Å². The monoisotopic (exact) mass is 281 g/mol. The highest BCUT2D eigenvalue weighted by Gasteiger charge is 2.37. The Bertz CT molecular complexity index is 171. The van der Waals surface area contributed by atoms with E-state index >= 15 is 0 Å². The zero-order valence-corrected chi connectivity index (χ0v) is 13.4. The predicted molar refractivity (Wildman–Crippen MR) is 71.2 cm³/mol. The first kappa shape index (κ1) is 18.0. The lowest BCUT2D eigenvalue weighted by Crippen LogP contribution is -2.49. The summed E-state index contributed by atoms with van der Waals surface area (Å²) in [6.07, 6.45) is 1.58. The Labute approximate surface area is 111 Å². The maximum absolute atomic E-state index is 5.35. The summed E-state index contributed by atoms with van der Waals surface area (Å²) in [6, 6.07) is 0.747. The van der Waals surface area contributed by atoms with E-state index in [1.165, 1.54) is 0 Å². The van der Waals surface area contributed by atoms with Crippen molar-refractivity contribution in [2.75, 3.05) is 42.1 Å². The summed E-state index contributed by atoms with van der Waals surface area (Å²) < 4.78 is 26.7. The van der Waals surface area contributed by atoms with Crippen LogP contribution in [0.1, 0.15) is 19.8 Å². The summed E-state index contributed by atoms with van der Waals surface area (Å²) in [5.74, 6) is -0.711. The molecule has 0 spiro atoms. The first-order chi connectivity index (χ1) is 8.57. The van der Waals surface area contributed by atoms with E-state index < -0.39 is 14.7 Å². The Kier molecular flexibility index (Phi) is 8.96. The second-order valence-electron chi connectivity index (χ2n) is 3.84. The maximum Gasteiger partial charge on any atom is 0.500 e. The molecule has 0 rings (SSSR count). The van der Waals surface area contributed by atoms with Gasteiger partial charge in [-0.25, -0.2) is 0 Å². The van der Waals surface area contributed by atoms with Crippen LogP contribution in [-0.4, -0.2) is 56.8 Å². The molecule has 1 N–H and O–H groups in total. The molecule has 0 aliphatic heterocycles. The van der Waals surface area contributed by atoms with Crippen molar-refractivity contribution in [2.45, 2.75) is 31.7 Å². The quantitative estimate of drug-likeness (QED) is 0.349. The highest BCUT2D eigenvalue weighted by Crippen LogP contribution is 2.16. The molecule has 0 bridgehead atoms. The van der Waals surface area contributed by atoms with Crippen molar-refractivity contribution >= 4 is 8.80 Å². The van der Waals surface area contributed by atoms with Crippen LogP contribution in [0.4, 0.5) is 0 Å². The van der Waals surface area contributed by atoms with Crippen molar-refractivity contribution in [2.24, 2.45) is 0 Å². The van der Waals surface area contributed by atoms with Crippen LogP contribution in [0.2, 0.25) is 6.04 Å². The molecule has 0 saturated heterocycles. The average molecular weight is 281 g/mol. The minimum atomic E-state index is -2.47. The fraction of sp³-hybridized carbons (Fsp3) is 1.00. The van der Waals surface area contributed by atoms with Crippen molar-refractivity contribution < 1.29 is 22.8 Å². The molecule has 0 saturated carbocycles. The van der Waals surface area contributed by atoms with Gasteiger partial charge in [0.05, 0.1) is 0 Å². The molecule has 6 nitrogen and oxygen atoms in total. The highest BCUT2D eigenvalue weighted by atomic mass is 28.4. The van der Waals surface area contributed by atoms with Gasteiger partial charge in [0.1, 0.15) is 0 Å². The number of ether oxygens (including phenoxy) is 2. The van der Waals surface area contributed by atoms with E-state index in [9.17, 15) is 0 Å². The molecular formula is C11H27NO5Si. The summed E-state index contributed by atoms with van der Waals surface area (Å²) in [4.78, 5) is 0. The fourth-order valence-electron chi connectivity index (χ4n) is 1.78. The largest absolute Gasteiger partial charge is 0.500 e. The van der Waals surface area contributed by atoms with Crippen molar-refractivity contribution in [3.05, 3.63) is 0 Å². The van der Waals surface area contributed by atoms with Crippen molar-refractivity contribution in [3.63, 3.8) is 0 Å². The molecule has 0 aromatic rings. The van der Waals surface area contributed by atoms with Gasteiger partial charge in [0.25, 0.3) is 0 Å². The van der Waals surface area contributed by atoms with Gasteiger partial charge in [0, 0.05) is 54.6 Å². The Morgan fingerprint density at radius 2 is 1.44 bits per heavy atom. The summed E-state index contributed by atoms with van der Waals surface area (Å²) in [5.41, 5.74) is 0. The van der Waals surface area contributed by atoms with Gasteiger partial charge in [0.15, 0.2) is 0 Å². The Balaban J connectivity index is 4.11. The Hall–Kier alpha value is -0.0231. The smallest absolute Gasteiger partial charge is 0.377 e. The topological polar surface area (TPSA) is 58.2 Å². The first-order valence-electron chi connectivity index (χ1n) is 6.08. The second-order valence-corrected chi connectivity index (χ2v) is 6.93. The molecule has 18 heavy (non-hydrogen) atoms. The molecule has 0 amide bonds. The number of hydrogen-bond acceptors (Lipinski definition) is 6. The molecule has 0 aliphatic rings. The van der Waals surface area contributed by atoms with Gasteiger partial charge < -0.3 is 22.8 Å². The first-order valence-corrected chi connectivity index (χ1v) is 8.01. The standard InChI is InChI=1S/C11H27NO5Si/c1-7-11(13-2,14-3)12-9-8-10-18(15-4,16-5)17-6/h12H,7-10H2,1-6H3. The summed E-state index contributed by atoms with van der Waals surface area (Å²) in [6.45, 7) is 2.73. The van der Waals surface area contributed by atoms with Gasteiger partial charge in [-0.15, -0.1) is 0 Å². The number of rotatable bonds is 11. The van der Waals surface area contributed by atoms with E-state index in [1.54, 1.807) is 35.5 Å². The molecule has 0 aromatic carbocycles. The molecule has 0 atom stereocenters. The molecule has 110 valence electrons. The predicted octanol–water partition coefficient (Wildman–Crippen LogP) is 1.20. The van der Waals surface area contributed by atoms with E-state index in [0.717, 1.165) is 25.4 Å². The van der Waals surface area contributed by atoms with Crippen LogP contribution in [0.25, 0.3) is 0 Å². The van der Waals surface area contributed by atoms with E-state index in [4.69, 9.17) is 22.8 Å². The summed E-state index contributed by atoms with van der Waals surface area (Å²) in [5, 5.41) is 3.24. The van der Waals surface area contributed by atoms with Gasteiger partial charge in [-0.3, -0.25) is 5.32 Å². The number of hydrogen-bond donors (Lipinski definition) is 1. The lowest BCUT2D eigenvalue weighted by Gasteiger charge is -2.31. The average Bonchev–Trinajstić information content (AvgIpc) is 2.45. The van der Waals surface area contributed by atoms with Gasteiger partial charge in [-0.05, 0) is 6.42 Å². The van der Waals surface area contributed by atoms with E-state index in [2.05, 4.69) is 5.32 Å².